The summed E-state index contributed by atoms with van der Waals surface area (Å²) in [6.45, 7) is 4.42. The van der Waals surface area contributed by atoms with Gasteiger partial charge in [-0.25, -0.2) is 4.98 Å². The second-order valence-corrected chi connectivity index (χ2v) is 9.00. The van der Waals surface area contributed by atoms with Crippen molar-refractivity contribution >= 4 is 28.5 Å². The minimum absolute atomic E-state index is 0.0774. The Morgan fingerprint density at radius 3 is 2.71 bits per heavy atom. The summed E-state index contributed by atoms with van der Waals surface area (Å²) in [5.74, 6) is 0.991. The van der Waals surface area contributed by atoms with Gasteiger partial charge in [0.1, 0.15) is 5.01 Å². The summed E-state index contributed by atoms with van der Waals surface area (Å²) < 4.78 is 0. The van der Waals surface area contributed by atoms with Crippen molar-refractivity contribution < 1.29 is 4.79 Å². The van der Waals surface area contributed by atoms with Crippen molar-refractivity contribution in [1.82, 2.24) is 4.98 Å². The number of hydrogen-bond donors (Lipinski definition) is 0. The van der Waals surface area contributed by atoms with Gasteiger partial charge in [0.2, 0.25) is 0 Å². The van der Waals surface area contributed by atoms with Gasteiger partial charge in [-0.1, -0.05) is 20.3 Å². The number of carbonyl (C=O) groups excluding carboxylic acids is 1. The quantitative estimate of drug-likeness (QED) is 0.753. The lowest BCUT2D eigenvalue weighted by Gasteiger charge is -2.31. The van der Waals surface area contributed by atoms with E-state index in [1.54, 1.807) is 11.3 Å². The van der Waals surface area contributed by atoms with Crippen LogP contribution in [0.2, 0.25) is 0 Å². The molecule has 0 spiro atoms. The molecule has 110 valence electrons. The molecule has 2 heterocycles. The average Bonchev–Trinajstić information content (AvgIpc) is 2.92. The van der Waals surface area contributed by atoms with Crippen LogP contribution >= 0.6 is 22.7 Å². The maximum Gasteiger partial charge on any atom is 0.164 e. The van der Waals surface area contributed by atoms with Gasteiger partial charge < -0.3 is 0 Å². The Labute approximate surface area is 133 Å². The third-order valence-electron chi connectivity index (χ3n) is 4.71. The van der Waals surface area contributed by atoms with Crippen molar-refractivity contribution in [3.8, 4) is 9.88 Å². The molecule has 0 bridgehead atoms. The summed E-state index contributed by atoms with van der Waals surface area (Å²) in [5, 5.41) is 3.12. The Morgan fingerprint density at radius 2 is 2.10 bits per heavy atom. The zero-order valence-electron chi connectivity index (χ0n) is 12.4. The van der Waals surface area contributed by atoms with Crippen molar-refractivity contribution in [2.75, 3.05) is 0 Å². The lowest BCUT2D eigenvalue weighted by molar-refractivity contribution is 0.0911. The number of aromatic nitrogens is 1. The van der Waals surface area contributed by atoms with Gasteiger partial charge in [-0.15, -0.1) is 22.7 Å². The van der Waals surface area contributed by atoms with Gasteiger partial charge in [-0.3, -0.25) is 4.79 Å². The molecule has 2 aliphatic carbocycles. The number of thiazole rings is 1. The normalized spacial score (nSPS) is 21.1. The van der Waals surface area contributed by atoms with Crippen LogP contribution in [0.1, 0.15) is 66.2 Å². The number of Topliss-reactive ketones (excluding diaryl/α,β-unsaturated/α-hetero) is 1. The predicted octanol–water partition coefficient (Wildman–Crippen LogP) is 5.29. The van der Waals surface area contributed by atoms with Crippen molar-refractivity contribution in [3.05, 3.63) is 27.6 Å². The molecule has 0 saturated heterocycles. The number of carbonyl (C=O) groups is 1. The summed E-state index contributed by atoms with van der Waals surface area (Å²) in [7, 11) is 0. The molecular weight excluding hydrogens is 298 g/mol. The van der Waals surface area contributed by atoms with Gasteiger partial charge in [0.05, 0.1) is 4.88 Å². The van der Waals surface area contributed by atoms with Gasteiger partial charge >= 0.3 is 0 Å². The number of hydrogen-bond acceptors (Lipinski definition) is 4. The summed E-state index contributed by atoms with van der Waals surface area (Å²) in [6, 6.07) is 0. The van der Waals surface area contributed by atoms with Crippen molar-refractivity contribution in [1.29, 1.82) is 0 Å². The summed E-state index contributed by atoms with van der Waals surface area (Å²) in [4.78, 5) is 19.9. The Hall–Kier alpha value is -1.00. The first-order chi connectivity index (χ1) is 10.1. The minimum Gasteiger partial charge on any atom is -0.294 e. The molecule has 1 saturated carbocycles. The van der Waals surface area contributed by atoms with E-state index >= 15 is 0 Å². The monoisotopic (exact) mass is 317 g/mol. The number of rotatable bonds is 2. The van der Waals surface area contributed by atoms with Gasteiger partial charge in [0, 0.05) is 28.4 Å². The molecule has 0 atom stereocenters. The fourth-order valence-corrected chi connectivity index (χ4v) is 5.76. The van der Waals surface area contributed by atoms with E-state index in [1.165, 1.54) is 34.6 Å². The molecule has 21 heavy (non-hydrogen) atoms. The minimum atomic E-state index is 0.0774. The molecule has 4 rings (SSSR count). The molecule has 0 radical (unpaired) electrons. The number of thiophene rings is 1. The predicted molar refractivity (Wildman–Crippen MR) is 88.5 cm³/mol. The molecule has 2 nitrogen and oxygen atoms in total. The van der Waals surface area contributed by atoms with Crippen LogP contribution in [0.5, 0.6) is 0 Å². The smallest absolute Gasteiger partial charge is 0.164 e. The number of ketones is 1. The highest BCUT2D eigenvalue weighted by molar-refractivity contribution is 7.21. The molecule has 2 aromatic heterocycles. The zero-order chi connectivity index (χ0) is 14.6. The summed E-state index contributed by atoms with van der Waals surface area (Å²) >= 11 is 3.54. The van der Waals surface area contributed by atoms with E-state index in [-0.39, 0.29) is 5.41 Å². The summed E-state index contributed by atoms with van der Waals surface area (Å²) in [5.41, 5.74) is 2.45. The molecule has 2 aromatic rings. The van der Waals surface area contributed by atoms with E-state index in [0.717, 1.165) is 17.0 Å². The molecule has 1 fully saturated rings. The maximum atomic E-state index is 12.7. The van der Waals surface area contributed by atoms with Gasteiger partial charge in [0.25, 0.3) is 0 Å². The lowest BCUT2D eigenvalue weighted by Crippen LogP contribution is -2.27. The zero-order valence-corrected chi connectivity index (χ0v) is 14.1. The second kappa shape index (κ2) is 4.75. The van der Waals surface area contributed by atoms with E-state index in [2.05, 4.69) is 18.8 Å². The van der Waals surface area contributed by atoms with E-state index < -0.39 is 0 Å². The first-order valence-electron chi connectivity index (χ1n) is 7.64. The third kappa shape index (κ3) is 2.20. The highest BCUT2D eigenvalue weighted by Crippen LogP contribution is 2.51. The molecule has 0 unspecified atom stereocenters. The van der Waals surface area contributed by atoms with Crippen LogP contribution in [0.15, 0.2) is 11.6 Å². The van der Waals surface area contributed by atoms with Crippen LogP contribution in [-0.2, 0) is 6.42 Å². The first kappa shape index (κ1) is 13.6. The van der Waals surface area contributed by atoms with Crippen molar-refractivity contribution in [3.63, 3.8) is 0 Å². The molecular formula is C17H19NOS2. The summed E-state index contributed by atoms with van der Waals surface area (Å²) in [6.07, 6.45) is 7.37. The van der Waals surface area contributed by atoms with Crippen LogP contribution in [-0.4, -0.2) is 10.8 Å². The molecule has 0 aromatic carbocycles. The third-order valence-corrected chi connectivity index (χ3v) is 7.03. The SMILES string of the molecule is CC1(C)CC(=O)c2c(C3CCC3)sc(-c3nccs3)c2C1. The average molecular weight is 317 g/mol. The molecule has 0 aliphatic heterocycles. The standard InChI is InChI=1S/C17H19NOS2/c1-17(2)8-11-13(12(19)9-17)14(10-4-3-5-10)21-15(11)16-18-6-7-20-16/h6-7,10H,3-5,8-9H2,1-2H3. The van der Waals surface area contributed by atoms with Crippen LogP contribution < -0.4 is 0 Å². The van der Waals surface area contributed by atoms with Crippen LogP contribution in [0.25, 0.3) is 9.88 Å². The molecule has 0 N–H and O–H groups in total. The first-order valence-corrected chi connectivity index (χ1v) is 9.33. The Balaban J connectivity index is 1.91. The highest BCUT2D eigenvalue weighted by Gasteiger charge is 2.39. The van der Waals surface area contributed by atoms with Crippen molar-refractivity contribution in [2.45, 2.75) is 51.9 Å². The van der Waals surface area contributed by atoms with E-state index in [4.69, 9.17) is 0 Å². The van der Waals surface area contributed by atoms with Gasteiger partial charge in [-0.05, 0) is 36.2 Å². The topological polar surface area (TPSA) is 30.0 Å². The molecule has 0 amide bonds. The van der Waals surface area contributed by atoms with Crippen molar-refractivity contribution in [2.24, 2.45) is 5.41 Å². The maximum absolute atomic E-state index is 12.7. The van der Waals surface area contributed by atoms with Crippen LogP contribution in [0, 0.1) is 5.41 Å². The largest absolute Gasteiger partial charge is 0.294 e. The fraction of sp³-hybridized carbons (Fsp3) is 0.529. The van der Waals surface area contributed by atoms with Crippen LogP contribution in [0.4, 0.5) is 0 Å². The van der Waals surface area contributed by atoms with E-state index in [9.17, 15) is 4.79 Å². The van der Waals surface area contributed by atoms with Gasteiger partial charge in [0.15, 0.2) is 5.78 Å². The number of fused-ring (bicyclic) bond motifs is 1. The van der Waals surface area contributed by atoms with E-state index in [0.29, 0.717) is 18.1 Å². The Kier molecular flexibility index (Phi) is 3.09. The second-order valence-electron chi connectivity index (χ2n) is 7.06. The molecule has 4 heteroatoms. The fourth-order valence-electron chi connectivity index (χ4n) is 3.49. The number of nitrogens with zero attached hydrogens (tertiary/aromatic N) is 1. The highest BCUT2D eigenvalue weighted by atomic mass is 32.1. The lowest BCUT2D eigenvalue weighted by atomic mass is 9.72. The molecule has 2 aliphatic rings. The Bertz CT molecular complexity index is 693. The van der Waals surface area contributed by atoms with Crippen LogP contribution in [0.3, 0.4) is 0 Å². The van der Waals surface area contributed by atoms with Gasteiger partial charge in [-0.2, -0.15) is 0 Å². The Morgan fingerprint density at radius 1 is 1.29 bits per heavy atom. The van der Waals surface area contributed by atoms with E-state index in [1.807, 2.05) is 22.9 Å².